The third-order valence-corrected chi connectivity index (χ3v) is 27.2. The zero-order chi connectivity index (χ0) is 21.7. The van der Waals surface area contributed by atoms with Crippen molar-refractivity contribution < 1.29 is 20.4 Å². The molecule has 0 heterocycles. The van der Waals surface area contributed by atoms with E-state index >= 15 is 0 Å². The molecule has 30 heavy (non-hydrogen) atoms. The Kier molecular flexibility index (Phi) is 6.12. The number of aryl methyl sites for hydroxylation is 2. The van der Waals surface area contributed by atoms with E-state index in [4.69, 9.17) is 0 Å². The van der Waals surface area contributed by atoms with Gasteiger partial charge in [0.05, 0.1) is 0 Å². The van der Waals surface area contributed by atoms with Crippen molar-refractivity contribution in [1.82, 2.24) is 0 Å². The normalized spacial score (nSPS) is 18.8. The summed E-state index contributed by atoms with van der Waals surface area (Å²) in [5.41, 5.74) is 15.1. The minimum absolute atomic E-state index is 0.333. The topological polar surface area (TPSA) is 0 Å². The fraction of sp³-hybridized carbons (Fsp3) is 0.357. The molecule has 2 aliphatic carbocycles. The van der Waals surface area contributed by atoms with E-state index in [1.165, 1.54) is 27.8 Å². The molecule has 154 valence electrons. The molecule has 2 heteroatoms. The fourth-order valence-corrected chi connectivity index (χ4v) is 26.2. The van der Waals surface area contributed by atoms with Gasteiger partial charge in [0.15, 0.2) is 0 Å². The SMILES string of the molecule is CC1=C(C)[CH]([Zr]([CH]2C=C(c3c(C)cccc3C)c3ccccc32)=[Si](C)C)C(C)=C1C. The second-order valence-corrected chi connectivity index (χ2v) is 27.4. The Bertz CT molecular complexity index is 1120. The zero-order valence-electron chi connectivity index (χ0n) is 19.8. The molecular weight excluding hydrogens is 456 g/mol. The van der Waals surface area contributed by atoms with Crippen molar-refractivity contribution in [3.8, 4) is 0 Å². The van der Waals surface area contributed by atoms with Gasteiger partial charge in [-0.15, -0.1) is 0 Å². The van der Waals surface area contributed by atoms with E-state index in [9.17, 15) is 0 Å². The monoisotopic (exact) mass is 488 g/mol. The van der Waals surface area contributed by atoms with E-state index in [0.29, 0.717) is 3.63 Å². The van der Waals surface area contributed by atoms with Gasteiger partial charge in [-0.05, 0) is 0 Å². The third-order valence-electron chi connectivity index (χ3n) is 7.50. The quantitative estimate of drug-likeness (QED) is 0.382. The van der Waals surface area contributed by atoms with Crippen molar-refractivity contribution >= 4 is 11.0 Å². The van der Waals surface area contributed by atoms with Crippen LogP contribution >= 0.6 is 0 Å². The molecular formula is C28H34SiZr. The Morgan fingerprint density at radius 3 is 1.87 bits per heavy atom. The predicted octanol–water partition coefficient (Wildman–Crippen LogP) is 8.13. The average molecular weight is 490 g/mol. The fourth-order valence-electron chi connectivity index (χ4n) is 5.67. The molecule has 0 nitrogen and oxygen atoms in total. The van der Waals surface area contributed by atoms with Crippen LogP contribution in [0.3, 0.4) is 0 Å². The molecule has 0 N–H and O–H groups in total. The van der Waals surface area contributed by atoms with E-state index in [1.807, 2.05) is 0 Å². The van der Waals surface area contributed by atoms with Gasteiger partial charge < -0.3 is 0 Å². The first-order valence-electron chi connectivity index (χ1n) is 11.1. The van der Waals surface area contributed by atoms with Crippen molar-refractivity contribution in [1.29, 1.82) is 0 Å². The van der Waals surface area contributed by atoms with Gasteiger partial charge in [0.25, 0.3) is 0 Å². The molecule has 2 aliphatic rings. The second-order valence-electron chi connectivity index (χ2n) is 9.42. The van der Waals surface area contributed by atoms with E-state index in [2.05, 4.69) is 103 Å². The average Bonchev–Trinajstić information content (AvgIpc) is 3.16. The Hall–Kier alpha value is -1.24. The molecule has 1 atom stereocenters. The van der Waals surface area contributed by atoms with Crippen LogP contribution in [0.5, 0.6) is 0 Å². The van der Waals surface area contributed by atoms with Gasteiger partial charge in [0, 0.05) is 0 Å². The summed E-state index contributed by atoms with van der Waals surface area (Å²) in [5.74, 6) is 0. The number of benzene rings is 2. The van der Waals surface area contributed by atoms with Gasteiger partial charge in [-0.3, -0.25) is 0 Å². The summed E-state index contributed by atoms with van der Waals surface area (Å²) in [5, 5.41) is 0. The number of hydrogen-bond acceptors (Lipinski definition) is 0. The van der Waals surface area contributed by atoms with Crippen LogP contribution in [0.4, 0.5) is 0 Å². The summed E-state index contributed by atoms with van der Waals surface area (Å²) >= 11 is -1.87. The van der Waals surface area contributed by atoms with Crippen molar-refractivity contribution in [2.75, 3.05) is 0 Å². The van der Waals surface area contributed by atoms with Crippen LogP contribution in [-0.2, 0) is 20.4 Å². The number of fused-ring (bicyclic) bond motifs is 1. The van der Waals surface area contributed by atoms with E-state index in [1.54, 1.807) is 27.9 Å². The van der Waals surface area contributed by atoms with Crippen LogP contribution in [0, 0.1) is 13.8 Å². The number of rotatable bonds is 3. The molecule has 0 saturated carbocycles. The van der Waals surface area contributed by atoms with E-state index < -0.39 is 20.4 Å². The predicted molar refractivity (Wildman–Crippen MR) is 130 cm³/mol. The summed E-state index contributed by atoms with van der Waals surface area (Å²) in [4.78, 5) is 0. The maximum atomic E-state index is 2.72. The minimum atomic E-state index is -1.87. The van der Waals surface area contributed by atoms with Gasteiger partial charge in [-0.2, -0.15) is 0 Å². The summed E-state index contributed by atoms with van der Waals surface area (Å²) in [6, 6.07) is 16.1. The second kappa shape index (κ2) is 8.36. The van der Waals surface area contributed by atoms with Gasteiger partial charge in [0.1, 0.15) is 0 Å². The van der Waals surface area contributed by atoms with Crippen LogP contribution in [0.1, 0.15) is 59.1 Å². The molecule has 2 aromatic carbocycles. The molecule has 0 amide bonds. The van der Waals surface area contributed by atoms with E-state index in [0.717, 1.165) is 3.63 Å². The van der Waals surface area contributed by atoms with E-state index in [-0.39, 0.29) is 5.43 Å². The van der Waals surface area contributed by atoms with Crippen LogP contribution < -0.4 is 0 Å². The van der Waals surface area contributed by atoms with Gasteiger partial charge >= 0.3 is 192 Å². The Morgan fingerprint density at radius 2 is 1.30 bits per heavy atom. The Balaban J connectivity index is 1.95. The molecule has 0 saturated heterocycles. The van der Waals surface area contributed by atoms with Gasteiger partial charge in [-0.1, -0.05) is 0 Å². The Morgan fingerprint density at radius 1 is 0.733 bits per heavy atom. The maximum absolute atomic E-state index is 2.72. The molecule has 2 aromatic rings. The standard InChI is InChI=1S/C17H15.C9H13.C2H6Si.Zr/c1-12-6-5-7-13(2)17(12)16-11-10-14-8-3-4-9-15(14)16;1-6-5-7(2)9(4)8(6)3;1-3-2;/h3-11H,1-2H3;5H,1-4H3;1-2H3;. The summed E-state index contributed by atoms with van der Waals surface area (Å²) in [7, 11) is 0. The summed E-state index contributed by atoms with van der Waals surface area (Å²) < 4.78 is 1.47. The Labute approximate surface area is 191 Å². The molecule has 0 spiro atoms. The first kappa shape index (κ1) is 22.0. The van der Waals surface area contributed by atoms with Crippen LogP contribution in [0.2, 0.25) is 16.7 Å². The molecule has 0 bridgehead atoms. The molecule has 1 unspecified atom stereocenters. The number of allylic oxidation sites excluding steroid dienone is 5. The van der Waals surface area contributed by atoms with Crippen molar-refractivity contribution in [2.45, 2.75) is 61.9 Å². The van der Waals surface area contributed by atoms with Gasteiger partial charge in [0.2, 0.25) is 0 Å². The van der Waals surface area contributed by atoms with Gasteiger partial charge in [-0.25, -0.2) is 0 Å². The van der Waals surface area contributed by atoms with Crippen LogP contribution in [0.25, 0.3) is 5.57 Å². The van der Waals surface area contributed by atoms with Crippen molar-refractivity contribution in [2.24, 2.45) is 0 Å². The summed E-state index contributed by atoms with van der Waals surface area (Å²) in [6.07, 6.45) is 2.72. The molecule has 0 fully saturated rings. The molecule has 0 radical (unpaired) electrons. The summed E-state index contributed by atoms with van der Waals surface area (Å²) in [6.45, 7) is 19.3. The molecule has 0 aromatic heterocycles. The first-order valence-corrected chi connectivity index (χ1v) is 20.2. The first-order chi connectivity index (χ1) is 14.2. The van der Waals surface area contributed by atoms with Crippen molar-refractivity contribution in [3.63, 3.8) is 0 Å². The third kappa shape index (κ3) is 3.45. The number of hydrogen-bond donors (Lipinski definition) is 0. The van der Waals surface area contributed by atoms with Crippen molar-refractivity contribution in [3.05, 3.63) is 98.7 Å². The molecule has 4 rings (SSSR count). The van der Waals surface area contributed by atoms with Crippen LogP contribution in [0.15, 0.2) is 70.8 Å². The molecule has 0 aliphatic heterocycles. The van der Waals surface area contributed by atoms with Crippen LogP contribution in [-0.4, -0.2) is 5.43 Å². The zero-order valence-corrected chi connectivity index (χ0v) is 23.2.